The van der Waals surface area contributed by atoms with Crippen molar-refractivity contribution in [1.82, 2.24) is 5.32 Å². The molecular formula is C16H28N2O. The number of hydrogen-bond acceptors (Lipinski definition) is 3. The van der Waals surface area contributed by atoms with Crippen LogP contribution < -0.4 is 15.0 Å². The largest absolute Gasteiger partial charge is 0.497 e. The quantitative estimate of drug-likeness (QED) is 0.693. The summed E-state index contributed by atoms with van der Waals surface area (Å²) in [6.07, 6.45) is 3.76. The minimum atomic E-state index is 0.597. The van der Waals surface area contributed by atoms with Crippen LogP contribution in [0.4, 0.5) is 5.69 Å². The van der Waals surface area contributed by atoms with Gasteiger partial charge in [-0.3, -0.25) is 0 Å². The van der Waals surface area contributed by atoms with Crippen molar-refractivity contribution in [2.75, 3.05) is 32.1 Å². The molecular weight excluding hydrogens is 236 g/mol. The van der Waals surface area contributed by atoms with Gasteiger partial charge in [-0.1, -0.05) is 26.3 Å². The average Bonchev–Trinajstić information content (AvgIpc) is 2.42. The van der Waals surface area contributed by atoms with E-state index >= 15 is 0 Å². The van der Waals surface area contributed by atoms with E-state index in [2.05, 4.69) is 43.2 Å². The van der Waals surface area contributed by atoms with Crippen LogP contribution in [0.15, 0.2) is 24.3 Å². The zero-order valence-electron chi connectivity index (χ0n) is 12.8. The van der Waals surface area contributed by atoms with Crippen LogP contribution >= 0.6 is 0 Å². The number of unbranched alkanes of at least 4 members (excludes halogenated alkanes) is 2. The fraction of sp³-hybridized carbons (Fsp3) is 0.625. The highest BCUT2D eigenvalue weighted by molar-refractivity contribution is 5.49. The molecule has 0 fully saturated rings. The van der Waals surface area contributed by atoms with Crippen molar-refractivity contribution >= 4 is 5.69 Å². The van der Waals surface area contributed by atoms with Gasteiger partial charge in [-0.25, -0.2) is 0 Å². The predicted molar refractivity (Wildman–Crippen MR) is 83.3 cm³/mol. The molecule has 0 aliphatic carbocycles. The van der Waals surface area contributed by atoms with E-state index < -0.39 is 0 Å². The number of methoxy groups -OCH3 is 1. The van der Waals surface area contributed by atoms with Gasteiger partial charge in [-0.15, -0.1) is 0 Å². The van der Waals surface area contributed by atoms with E-state index in [-0.39, 0.29) is 0 Å². The van der Waals surface area contributed by atoms with Gasteiger partial charge >= 0.3 is 0 Å². The standard InChI is InChI=1S/C16H28N2O/c1-14(2)17-11-6-5-7-12-18(3)15-9-8-10-16(13-15)19-4/h8-10,13-14,17H,5-7,11-12H2,1-4H3. The molecule has 1 N–H and O–H groups in total. The van der Waals surface area contributed by atoms with Crippen LogP contribution in [0.2, 0.25) is 0 Å². The van der Waals surface area contributed by atoms with Gasteiger partial charge in [-0.2, -0.15) is 0 Å². The Morgan fingerprint density at radius 1 is 1.21 bits per heavy atom. The Labute approximate surface area is 118 Å². The molecule has 1 aromatic rings. The Kier molecular flexibility index (Phi) is 7.34. The van der Waals surface area contributed by atoms with Crippen molar-refractivity contribution in [3.63, 3.8) is 0 Å². The Hall–Kier alpha value is -1.22. The third-order valence-electron chi connectivity index (χ3n) is 3.22. The van der Waals surface area contributed by atoms with E-state index in [1.54, 1.807) is 7.11 Å². The fourth-order valence-electron chi connectivity index (χ4n) is 2.02. The summed E-state index contributed by atoms with van der Waals surface area (Å²) in [7, 11) is 3.85. The molecule has 1 aromatic carbocycles. The molecule has 0 atom stereocenters. The summed E-state index contributed by atoms with van der Waals surface area (Å²) in [5.74, 6) is 0.922. The first-order chi connectivity index (χ1) is 9.13. The van der Waals surface area contributed by atoms with Gasteiger partial charge in [0, 0.05) is 31.4 Å². The summed E-state index contributed by atoms with van der Waals surface area (Å²) in [5, 5.41) is 3.45. The van der Waals surface area contributed by atoms with Gasteiger partial charge in [0.15, 0.2) is 0 Å². The smallest absolute Gasteiger partial charge is 0.120 e. The monoisotopic (exact) mass is 264 g/mol. The highest BCUT2D eigenvalue weighted by Gasteiger charge is 2.02. The van der Waals surface area contributed by atoms with Crippen molar-refractivity contribution in [2.45, 2.75) is 39.2 Å². The third kappa shape index (κ3) is 6.48. The molecule has 0 saturated heterocycles. The van der Waals surface area contributed by atoms with Gasteiger partial charge < -0.3 is 15.0 Å². The third-order valence-corrected chi connectivity index (χ3v) is 3.22. The minimum Gasteiger partial charge on any atom is -0.497 e. The van der Waals surface area contributed by atoms with Gasteiger partial charge in [0.1, 0.15) is 5.75 Å². The van der Waals surface area contributed by atoms with E-state index in [1.165, 1.54) is 24.9 Å². The van der Waals surface area contributed by atoms with Crippen molar-refractivity contribution in [2.24, 2.45) is 0 Å². The number of ether oxygens (including phenoxy) is 1. The Morgan fingerprint density at radius 2 is 2.00 bits per heavy atom. The molecule has 0 heterocycles. The number of benzene rings is 1. The van der Waals surface area contributed by atoms with Crippen LogP contribution in [0.5, 0.6) is 5.75 Å². The van der Waals surface area contributed by atoms with E-state index in [4.69, 9.17) is 4.74 Å². The lowest BCUT2D eigenvalue weighted by atomic mass is 10.2. The normalized spacial score (nSPS) is 10.8. The molecule has 0 bridgehead atoms. The Balaban J connectivity index is 2.21. The number of nitrogens with zero attached hydrogens (tertiary/aromatic N) is 1. The maximum Gasteiger partial charge on any atom is 0.120 e. The Morgan fingerprint density at radius 3 is 2.68 bits per heavy atom. The molecule has 3 heteroatoms. The lowest BCUT2D eigenvalue weighted by Crippen LogP contribution is -2.24. The first kappa shape index (κ1) is 15.8. The van der Waals surface area contributed by atoms with Crippen molar-refractivity contribution in [3.8, 4) is 5.75 Å². The molecule has 0 saturated carbocycles. The molecule has 0 aliphatic heterocycles. The lowest BCUT2D eigenvalue weighted by Gasteiger charge is -2.19. The maximum absolute atomic E-state index is 5.25. The SMILES string of the molecule is COc1cccc(N(C)CCCCCNC(C)C)c1. The van der Waals surface area contributed by atoms with Crippen molar-refractivity contribution < 1.29 is 4.74 Å². The lowest BCUT2D eigenvalue weighted by molar-refractivity contribution is 0.415. The second-order valence-electron chi connectivity index (χ2n) is 5.29. The van der Waals surface area contributed by atoms with Gasteiger partial charge in [0.2, 0.25) is 0 Å². The number of hydrogen-bond donors (Lipinski definition) is 1. The Bertz CT molecular complexity index is 352. The zero-order valence-corrected chi connectivity index (χ0v) is 12.8. The van der Waals surface area contributed by atoms with E-state index in [9.17, 15) is 0 Å². The topological polar surface area (TPSA) is 24.5 Å². The van der Waals surface area contributed by atoms with Crippen molar-refractivity contribution in [1.29, 1.82) is 0 Å². The average molecular weight is 264 g/mol. The second kappa shape index (κ2) is 8.81. The summed E-state index contributed by atoms with van der Waals surface area (Å²) in [6, 6.07) is 8.83. The van der Waals surface area contributed by atoms with Crippen LogP contribution in [0.25, 0.3) is 0 Å². The molecule has 19 heavy (non-hydrogen) atoms. The summed E-state index contributed by atoms with van der Waals surface area (Å²) in [5.41, 5.74) is 1.22. The molecule has 0 aromatic heterocycles. The van der Waals surface area contributed by atoms with Crippen LogP contribution in [0.1, 0.15) is 33.1 Å². The fourth-order valence-corrected chi connectivity index (χ4v) is 2.02. The highest BCUT2D eigenvalue weighted by Crippen LogP contribution is 2.20. The molecule has 0 unspecified atom stereocenters. The summed E-state index contributed by atoms with van der Waals surface area (Å²) in [6.45, 7) is 6.60. The van der Waals surface area contributed by atoms with Crippen LogP contribution in [-0.2, 0) is 0 Å². The molecule has 108 valence electrons. The van der Waals surface area contributed by atoms with E-state index in [0.717, 1.165) is 18.8 Å². The first-order valence-corrected chi connectivity index (χ1v) is 7.22. The summed E-state index contributed by atoms with van der Waals surface area (Å²) < 4.78 is 5.25. The van der Waals surface area contributed by atoms with Crippen LogP contribution in [0.3, 0.4) is 0 Å². The van der Waals surface area contributed by atoms with Crippen LogP contribution in [0, 0.1) is 0 Å². The van der Waals surface area contributed by atoms with Crippen molar-refractivity contribution in [3.05, 3.63) is 24.3 Å². The highest BCUT2D eigenvalue weighted by atomic mass is 16.5. The van der Waals surface area contributed by atoms with Gasteiger partial charge in [-0.05, 0) is 31.5 Å². The molecule has 0 radical (unpaired) electrons. The number of rotatable bonds is 9. The molecule has 3 nitrogen and oxygen atoms in total. The van der Waals surface area contributed by atoms with Gasteiger partial charge in [0.05, 0.1) is 7.11 Å². The summed E-state index contributed by atoms with van der Waals surface area (Å²) >= 11 is 0. The van der Waals surface area contributed by atoms with E-state index in [0.29, 0.717) is 6.04 Å². The predicted octanol–water partition coefficient (Wildman–Crippen LogP) is 3.30. The second-order valence-corrected chi connectivity index (χ2v) is 5.29. The molecule has 0 aliphatic rings. The molecule has 0 spiro atoms. The maximum atomic E-state index is 5.25. The molecule has 0 amide bonds. The van der Waals surface area contributed by atoms with Gasteiger partial charge in [0.25, 0.3) is 0 Å². The number of anilines is 1. The number of nitrogens with one attached hydrogen (secondary N) is 1. The van der Waals surface area contributed by atoms with E-state index in [1.807, 2.05) is 12.1 Å². The summed E-state index contributed by atoms with van der Waals surface area (Å²) in [4.78, 5) is 2.29. The first-order valence-electron chi connectivity index (χ1n) is 7.22. The van der Waals surface area contributed by atoms with Crippen LogP contribution in [-0.4, -0.2) is 33.3 Å². The molecule has 1 rings (SSSR count). The minimum absolute atomic E-state index is 0.597. The zero-order chi connectivity index (χ0) is 14.1.